The fourth-order valence-electron chi connectivity index (χ4n) is 2.35. The molecule has 3 aromatic rings. The number of hydrogen-bond donors (Lipinski definition) is 1. The number of benzene rings is 1. The Morgan fingerprint density at radius 3 is 2.91 bits per heavy atom. The summed E-state index contributed by atoms with van der Waals surface area (Å²) in [4.78, 5) is 15.1. The molecule has 0 unspecified atom stereocenters. The maximum atomic E-state index is 12.2. The van der Waals surface area contributed by atoms with Crippen molar-refractivity contribution in [2.24, 2.45) is 0 Å². The van der Waals surface area contributed by atoms with Gasteiger partial charge in [0, 0.05) is 23.7 Å². The van der Waals surface area contributed by atoms with Crippen molar-refractivity contribution >= 4 is 10.9 Å². The van der Waals surface area contributed by atoms with Crippen molar-refractivity contribution < 1.29 is 0 Å². The molecule has 0 radical (unpaired) electrons. The van der Waals surface area contributed by atoms with Gasteiger partial charge in [-0.1, -0.05) is 18.2 Å². The Kier molecular flexibility index (Phi) is 3.30. The average Bonchev–Trinajstić information content (AvgIpc) is 2.97. The SMILES string of the molecule is CC(C)(C#N)n1cc(Cc2cc3ccccc3[nH]c2=O)cn1. The predicted molar refractivity (Wildman–Crippen MR) is 84.5 cm³/mol. The van der Waals surface area contributed by atoms with E-state index in [-0.39, 0.29) is 5.56 Å². The lowest BCUT2D eigenvalue weighted by Gasteiger charge is -2.15. The first-order valence-electron chi connectivity index (χ1n) is 7.06. The van der Waals surface area contributed by atoms with Crippen LogP contribution in [0.4, 0.5) is 0 Å². The monoisotopic (exact) mass is 292 g/mol. The number of aromatic nitrogens is 3. The fraction of sp³-hybridized carbons (Fsp3) is 0.235. The van der Waals surface area contributed by atoms with Crippen LogP contribution in [0.3, 0.4) is 0 Å². The zero-order valence-electron chi connectivity index (χ0n) is 12.5. The normalized spacial score (nSPS) is 11.5. The first kappa shape index (κ1) is 14.1. The fourth-order valence-corrected chi connectivity index (χ4v) is 2.35. The van der Waals surface area contributed by atoms with E-state index in [1.165, 1.54) is 0 Å². The van der Waals surface area contributed by atoms with Gasteiger partial charge in [-0.15, -0.1) is 0 Å². The third-order valence-corrected chi connectivity index (χ3v) is 3.71. The largest absolute Gasteiger partial charge is 0.322 e. The topological polar surface area (TPSA) is 74.5 Å². The summed E-state index contributed by atoms with van der Waals surface area (Å²) >= 11 is 0. The molecule has 1 N–H and O–H groups in total. The average molecular weight is 292 g/mol. The minimum atomic E-state index is -0.700. The molecule has 0 fully saturated rings. The van der Waals surface area contributed by atoms with E-state index in [1.54, 1.807) is 24.7 Å². The van der Waals surface area contributed by atoms with Crippen LogP contribution in [-0.4, -0.2) is 14.8 Å². The van der Waals surface area contributed by atoms with Gasteiger partial charge in [-0.25, -0.2) is 0 Å². The molecule has 5 nitrogen and oxygen atoms in total. The second-order valence-electron chi connectivity index (χ2n) is 5.85. The maximum Gasteiger partial charge on any atom is 0.251 e. The summed E-state index contributed by atoms with van der Waals surface area (Å²) in [6.07, 6.45) is 4.01. The van der Waals surface area contributed by atoms with Crippen molar-refractivity contribution in [3.63, 3.8) is 0 Å². The highest BCUT2D eigenvalue weighted by Gasteiger charge is 2.20. The Hall–Kier alpha value is -2.87. The molecule has 5 heteroatoms. The van der Waals surface area contributed by atoms with Crippen LogP contribution in [-0.2, 0) is 12.0 Å². The van der Waals surface area contributed by atoms with Crippen LogP contribution in [0, 0.1) is 11.3 Å². The van der Waals surface area contributed by atoms with Crippen LogP contribution in [0.15, 0.2) is 47.5 Å². The number of nitriles is 1. The van der Waals surface area contributed by atoms with Crippen molar-refractivity contribution in [1.29, 1.82) is 5.26 Å². The third-order valence-electron chi connectivity index (χ3n) is 3.71. The number of pyridine rings is 1. The zero-order valence-corrected chi connectivity index (χ0v) is 12.5. The number of fused-ring (bicyclic) bond motifs is 1. The van der Waals surface area contributed by atoms with E-state index >= 15 is 0 Å². The van der Waals surface area contributed by atoms with Crippen LogP contribution >= 0.6 is 0 Å². The Morgan fingerprint density at radius 1 is 1.36 bits per heavy atom. The highest BCUT2D eigenvalue weighted by atomic mass is 16.1. The molecule has 22 heavy (non-hydrogen) atoms. The number of nitrogens with one attached hydrogen (secondary N) is 1. The molecule has 0 saturated carbocycles. The van der Waals surface area contributed by atoms with Crippen LogP contribution in [0.5, 0.6) is 0 Å². The number of nitrogens with zero attached hydrogens (tertiary/aromatic N) is 3. The molecule has 1 aromatic carbocycles. The first-order chi connectivity index (χ1) is 10.5. The highest BCUT2D eigenvalue weighted by molar-refractivity contribution is 5.78. The number of hydrogen-bond acceptors (Lipinski definition) is 3. The first-order valence-corrected chi connectivity index (χ1v) is 7.06. The van der Waals surface area contributed by atoms with Crippen LogP contribution in [0.1, 0.15) is 25.0 Å². The second-order valence-corrected chi connectivity index (χ2v) is 5.85. The Labute approximate surface area is 127 Å². The lowest BCUT2D eigenvalue weighted by molar-refractivity contribution is 0.418. The van der Waals surface area contributed by atoms with Crippen LogP contribution < -0.4 is 5.56 Å². The summed E-state index contributed by atoms with van der Waals surface area (Å²) in [5.41, 5.74) is 1.63. The lowest BCUT2D eigenvalue weighted by atomic mass is 10.1. The van der Waals surface area contributed by atoms with E-state index in [0.29, 0.717) is 12.0 Å². The molecule has 0 aliphatic heterocycles. The summed E-state index contributed by atoms with van der Waals surface area (Å²) in [7, 11) is 0. The van der Waals surface area contributed by atoms with Gasteiger partial charge in [-0.2, -0.15) is 10.4 Å². The van der Waals surface area contributed by atoms with Crippen molar-refractivity contribution in [2.75, 3.05) is 0 Å². The molecule has 0 bridgehead atoms. The van der Waals surface area contributed by atoms with Gasteiger partial charge in [0.2, 0.25) is 0 Å². The second kappa shape index (κ2) is 5.15. The molecule has 0 aliphatic rings. The Balaban J connectivity index is 1.96. The summed E-state index contributed by atoms with van der Waals surface area (Å²) in [6, 6.07) is 11.8. The van der Waals surface area contributed by atoms with Gasteiger partial charge < -0.3 is 4.98 Å². The number of para-hydroxylation sites is 1. The third kappa shape index (κ3) is 2.51. The van der Waals surface area contributed by atoms with Gasteiger partial charge in [0.05, 0.1) is 12.3 Å². The summed E-state index contributed by atoms with van der Waals surface area (Å²) in [6.45, 7) is 3.60. The van der Waals surface area contributed by atoms with E-state index in [4.69, 9.17) is 5.26 Å². The number of rotatable bonds is 3. The van der Waals surface area contributed by atoms with Crippen molar-refractivity contribution in [3.8, 4) is 6.07 Å². The van der Waals surface area contributed by atoms with Gasteiger partial charge in [0.15, 0.2) is 0 Å². The smallest absolute Gasteiger partial charge is 0.251 e. The molecule has 0 saturated heterocycles. The van der Waals surface area contributed by atoms with Gasteiger partial charge in [-0.05, 0) is 36.9 Å². The standard InChI is InChI=1S/C17H16N4O/c1-17(2,11-18)21-10-12(9-19-21)7-14-8-13-5-3-4-6-15(13)20-16(14)22/h3-6,8-10H,7H2,1-2H3,(H,20,22). The van der Waals surface area contributed by atoms with Crippen LogP contribution in [0.2, 0.25) is 0 Å². The molecule has 0 amide bonds. The molecule has 3 rings (SSSR count). The summed E-state index contributed by atoms with van der Waals surface area (Å²) < 4.78 is 1.62. The molecule has 2 heterocycles. The molecule has 0 aliphatic carbocycles. The van der Waals surface area contributed by atoms with Crippen molar-refractivity contribution in [2.45, 2.75) is 25.8 Å². The molecule has 0 spiro atoms. The molecule has 2 aromatic heterocycles. The van der Waals surface area contributed by atoms with Crippen molar-refractivity contribution in [3.05, 3.63) is 64.2 Å². The van der Waals surface area contributed by atoms with E-state index < -0.39 is 5.54 Å². The number of H-pyrrole nitrogens is 1. The predicted octanol–water partition coefficient (Wildman–Crippen LogP) is 2.57. The highest BCUT2D eigenvalue weighted by Crippen LogP contribution is 2.16. The maximum absolute atomic E-state index is 12.2. The van der Waals surface area contributed by atoms with E-state index in [9.17, 15) is 4.79 Å². The minimum absolute atomic E-state index is 0.0917. The van der Waals surface area contributed by atoms with Crippen molar-refractivity contribution in [1.82, 2.24) is 14.8 Å². The van der Waals surface area contributed by atoms with E-state index in [2.05, 4.69) is 16.2 Å². The molecule has 110 valence electrons. The molecular formula is C17H16N4O. The van der Waals surface area contributed by atoms with Gasteiger partial charge in [0.1, 0.15) is 5.54 Å². The summed E-state index contributed by atoms with van der Waals surface area (Å²) in [5.74, 6) is 0. The molecular weight excluding hydrogens is 276 g/mol. The van der Waals surface area contributed by atoms with Gasteiger partial charge >= 0.3 is 0 Å². The van der Waals surface area contributed by atoms with E-state index in [0.717, 1.165) is 16.5 Å². The number of aromatic amines is 1. The Bertz CT molecular complexity index is 927. The van der Waals surface area contributed by atoms with Crippen LogP contribution in [0.25, 0.3) is 10.9 Å². The quantitative estimate of drug-likeness (QED) is 0.806. The van der Waals surface area contributed by atoms with Gasteiger partial charge in [0.25, 0.3) is 5.56 Å². The lowest BCUT2D eigenvalue weighted by Crippen LogP contribution is -2.24. The minimum Gasteiger partial charge on any atom is -0.322 e. The van der Waals surface area contributed by atoms with E-state index in [1.807, 2.05) is 36.5 Å². The Morgan fingerprint density at radius 2 is 2.14 bits per heavy atom. The van der Waals surface area contributed by atoms with Gasteiger partial charge in [-0.3, -0.25) is 9.48 Å². The summed E-state index contributed by atoms with van der Waals surface area (Å²) in [5, 5.41) is 14.4. The zero-order chi connectivity index (χ0) is 15.7. The molecule has 0 atom stereocenters.